The molecule has 0 N–H and O–H groups in total. The van der Waals surface area contributed by atoms with E-state index < -0.39 is 17.8 Å². The Kier molecular flexibility index (Phi) is 3.97. The molecule has 1 aromatic carbocycles. The number of hydrogen-bond acceptors (Lipinski definition) is 5. The van der Waals surface area contributed by atoms with E-state index in [1.165, 1.54) is 35.9 Å². The highest BCUT2D eigenvalue weighted by Gasteiger charge is 2.46. The maximum Gasteiger partial charge on any atom is 0.338 e. The van der Waals surface area contributed by atoms with Gasteiger partial charge in [0.05, 0.1) is 29.7 Å². The summed E-state index contributed by atoms with van der Waals surface area (Å²) in [5.41, 5.74) is 1.25. The van der Waals surface area contributed by atoms with Crippen molar-refractivity contribution in [2.45, 2.75) is 25.1 Å². The van der Waals surface area contributed by atoms with Crippen LogP contribution >= 0.6 is 11.8 Å². The number of methoxy groups -OCH3 is 1. The quantitative estimate of drug-likeness (QED) is 0.780. The van der Waals surface area contributed by atoms with Crippen molar-refractivity contribution in [1.29, 1.82) is 0 Å². The van der Waals surface area contributed by atoms with Crippen molar-refractivity contribution in [3.8, 4) is 0 Å². The van der Waals surface area contributed by atoms with Gasteiger partial charge < -0.3 is 4.74 Å². The van der Waals surface area contributed by atoms with Gasteiger partial charge >= 0.3 is 5.97 Å². The number of hydrogen-bond donors (Lipinski definition) is 0. The third-order valence-electron chi connectivity index (χ3n) is 3.83. The van der Waals surface area contributed by atoms with Gasteiger partial charge in [-0.2, -0.15) is 0 Å². The van der Waals surface area contributed by atoms with Gasteiger partial charge in [0, 0.05) is 0 Å². The number of esters is 1. The van der Waals surface area contributed by atoms with E-state index in [2.05, 4.69) is 4.99 Å². The number of amides is 1. The molecule has 1 aromatic rings. The Bertz CT molecular complexity index is 759. The van der Waals surface area contributed by atoms with Crippen molar-refractivity contribution in [3.63, 3.8) is 0 Å². The van der Waals surface area contributed by atoms with Crippen LogP contribution in [0.15, 0.2) is 40.5 Å². The Morgan fingerprint density at radius 3 is 2.83 bits per heavy atom. The van der Waals surface area contributed by atoms with E-state index in [0.717, 1.165) is 0 Å². The third-order valence-corrected chi connectivity index (χ3v) is 4.88. The number of carbonyl (C=O) groups excluding carboxylic acids is 2. The van der Waals surface area contributed by atoms with Gasteiger partial charge in [-0.25, -0.2) is 14.2 Å². The summed E-state index contributed by atoms with van der Waals surface area (Å²) in [5, 5.41) is 0.233. The summed E-state index contributed by atoms with van der Waals surface area (Å²) >= 11 is 1.33. The van der Waals surface area contributed by atoms with E-state index in [1.807, 2.05) is 0 Å². The number of fused-ring (bicyclic) bond motifs is 1. The van der Waals surface area contributed by atoms with Crippen LogP contribution in [0.25, 0.3) is 0 Å². The zero-order chi connectivity index (χ0) is 16.7. The average Bonchev–Trinajstić information content (AvgIpc) is 2.79. The fourth-order valence-electron chi connectivity index (χ4n) is 2.77. The first-order chi connectivity index (χ1) is 10.9. The van der Waals surface area contributed by atoms with E-state index in [0.29, 0.717) is 16.4 Å². The van der Waals surface area contributed by atoms with E-state index in [1.54, 1.807) is 26.0 Å². The second kappa shape index (κ2) is 5.81. The molecule has 1 amide bonds. The van der Waals surface area contributed by atoms with E-state index in [-0.39, 0.29) is 16.7 Å². The Balaban J connectivity index is 2.19. The fourth-order valence-corrected chi connectivity index (χ4v) is 3.79. The Morgan fingerprint density at radius 2 is 2.17 bits per heavy atom. The number of ether oxygens (including phenoxy) is 1. The van der Waals surface area contributed by atoms with Crippen molar-refractivity contribution in [3.05, 3.63) is 46.9 Å². The normalized spacial score (nSPS) is 23.7. The van der Waals surface area contributed by atoms with Crippen LogP contribution in [0.1, 0.15) is 25.5 Å². The van der Waals surface area contributed by atoms with Gasteiger partial charge in [0.1, 0.15) is 5.82 Å². The zero-order valence-corrected chi connectivity index (χ0v) is 13.7. The summed E-state index contributed by atoms with van der Waals surface area (Å²) < 4.78 is 18.5. The van der Waals surface area contributed by atoms with Gasteiger partial charge in [0.25, 0.3) is 0 Å². The highest BCUT2D eigenvalue weighted by atomic mass is 32.2. The van der Waals surface area contributed by atoms with E-state index in [9.17, 15) is 14.0 Å². The van der Waals surface area contributed by atoms with Gasteiger partial charge in [-0.1, -0.05) is 23.9 Å². The molecule has 0 radical (unpaired) electrons. The topological polar surface area (TPSA) is 59.0 Å². The summed E-state index contributed by atoms with van der Waals surface area (Å²) in [4.78, 5) is 30.6. The summed E-state index contributed by atoms with van der Waals surface area (Å²) in [6, 6.07) is 5.16. The molecule has 0 aromatic heterocycles. The van der Waals surface area contributed by atoms with Crippen molar-refractivity contribution >= 4 is 28.8 Å². The fraction of sp³-hybridized carbons (Fsp3) is 0.312. The minimum Gasteiger partial charge on any atom is -0.466 e. The van der Waals surface area contributed by atoms with Crippen molar-refractivity contribution in [1.82, 2.24) is 4.90 Å². The number of aliphatic imine (C=N–C) groups is 1. The lowest BCUT2D eigenvalue weighted by molar-refractivity contribution is -0.137. The summed E-state index contributed by atoms with van der Waals surface area (Å²) in [5.74, 6) is -1.16. The van der Waals surface area contributed by atoms with Crippen LogP contribution in [0.2, 0.25) is 0 Å². The third kappa shape index (κ3) is 2.55. The maximum atomic E-state index is 13.7. The zero-order valence-electron chi connectivity index (χ0n) is 12.9. The number of carbonyl (C=O) groups is 2. The molecule has 5 nitrogen and oxygen atoms in total. The summed E-state index contributed by atoms with van der Waals surface area (Å²) in [6.07, 6.45) is 0. The molecule has 0 bridgehead atoms. The van der Waals surface area contributed by atoms with Crippen LogP contribution in [0, 0.1) is 5.82 Å². The molecule has 1 fully saturated rings. The summed E-state index contributed by atoms with van der Waals surface area (Å²) in [6.45, 7) is 3.47. The highest BCUT2D eigenvalue weighted by molar-refractivity contribution is 8.15. The van der Waals surface area contributed by atoms with Crippen LogP contribution in [-0.4, -0.2) is 34.3 Å². The van der Waals surface area contributed by atoms with Crippen LogP contribution in [0.5, 0.6) is 0 Å². The number of benzene rings is 1. The molecule has 2 atom stereocenters. The molecule has 2 aliphatic heterocycles. The maximum absolute atomic E-state index is 13.7. The lowest BCUT2D eigenvalue weighted by Gasteiger charge is -2.32. The second-order valence-corrected chi connectivity index (χ2v) is 6.62. The SMILES string of the molecule is COC(=O)C1=C(C)N=C2S[C@H](C)C(=O)N2[C@H]1c1cccc(F)c1. The monoisotopic (exact) mass is 334 g/mol. The van der Waals surface area contributed by atoms with E-state index >= 15 is 0 Å². The molecule has 120 valence electrons. The van der Waals surface area contributed by atoms with Gasteiger partial charge in [0.15, 0.2) is 5.17 Å². The molecule has 3 rings (SSSR count). The summed E-state index contributed by atoms with van der Waals surface area (Å²) in [7, 11) is 1.27. The number of halogens is 1. The van der Waals surface area contributed by atoms with Crippen LogP contribution in [-0.2, 0) is 14.3 Å². The first kappa shape index (κ1) is 15.7. The number of rotatable bonds is 2. The molecular formula is C16H15FN2O3S. The minimum atomic E-state index is -0.726. The Hall–Kier alpha value is -2.15. The molecular weight excluding hydrogens is 319 g/mol. The molecule has 2 aliphatic rings. The predicted molar refractivity (Wildman–Crippen MR) is 85.2 cm³/mol. The van der Waals surface area contributed by atoms with Crippen molar-refractivity contribution in [2.75, 3.05) is 7.11 Å². The second-order valence-electron chi connectivity index (χ2n) is 5.31. The van der Waals surface area contributed by atoms with Gasteiger partial charge in [-0.3, -0.25) is 9.69 Å². The largest absolute Gasteiger partial charge is 0.466 e. The lowest BCUT2D eigenvalue weighted by Crippen LogP contribution is -2.40. The van der Waals surface area contributed by atoms with Gasteiger partial charge in [0.2, 0.25) is 5.91 Å². The Morgan fingerprint density at radius 1 is 1.43 bits per heavy atom. The highest BCUT2D eigenvalue weighted by Crippen LogP contribution is 2.43. The molecule has 0 unspecified atom stereocenters. The smallest absolute Gasteiger partial charge is 0.338 e. The predicted octanol–water partition coefficient (Wildman–Crippen LogP) is 2.65. The molecule has 23 heavy (non-hydrogen) atoms. The van der Waals surface area contributed by atoms with Crippen LogP contribution in [0.4, 0.5) is 4.39 Å². The number of allylic oxidation sites excluding steroid dienone is 1. The standard InChI is InChI=1S/C16H15FN2O3S/c1-8-12(15(21)22-3)13(10-5-4-6-11(17)7-10)19-14(20)9(2)23-16(19)18-8/h4-7,9,13H,1-3H3/t9-,13+/m1/s1. The first-order valence-electron chi connectivity index (χ1n) is 7.07. The van der Waals surface area contributed by atoms with Gasteiger partial charge in [-0.05, 0) is 31.5 Å². The number of thioether (sulfide) groups is 1. The van der Waals surface area contributed by atoms with E-state index in [4.69, 9.17) is 4.74 Å². The van der Waals surface area contributed by atoms with Crippen molar-refractivity contribution in [2.24, 2.45) is 4.99 Å². The first-order valence-corrected chi connectivity index (χ1v) is 7.95. The molecule has 0 saturated carbocycles. The number of amidine groups is 1. The lowest BCUT2D eigenvalue weighted by atomic mass is 9.94. The van der Waals surface area contributed by atoms with Crippen LogP contribution in [0.3, 0.4) is 0 Å². The van der Waals surface area contributed by atoms with Gasteiger partial charge in [-0.15, -0.1) is 0 Å². The Labute approximate surface area is 137 Å². The minimum absolute atomic E-state index is 0.156. The average molecular weight is 334 g/mol. The number of nitrogens with zero attached hydrogens (tertiary/aromatic N) is 2. The van der Waals surface area contributed by atoms with Crippen LogP contribution < -0.4 is 0 Å². The molecule has 2 heterocycles. The molecule has 7 heteroatoms. The molecule has 0 aliphatic carbocycles. The molecule has 1 saturated heterocycles. The molecule has 0 spiro atoms. The van der Waals surface area contributed by atoms with Crippen molar-refractivity contribution < 1.29 is 18.7 Å².